The second kappa shape index (κ2) is 8.60. The van der Waals surface area contributed by atoms with Crippen molar-refractivity contribution < 1.29 is 14.3 Å². The van der Waals surface area contributed by atoms with E-state index < -0.39 is 0 Å². The lowest BCUT2D eigenvalue weighted by Gasteiger charge is -2.34. The van der Waals surface area contributed by atoms with Crippen LogP contribution in [0, 0.1) is 0 Å². The summed E-state index contributed by atoms with van der Waals surface area (Å²) in [6.07, 6.45) is 0.781. The van der Waals surface area contributed by atoms with E-state index in [9.17, 15) is 9.59 Å². The second-order valence-corrected chi connectivity index (χ2v) is 8.39. The molecule has 1 aliphatic heterocycles. The fraction of sp³-hybridized carbons (Fsp3) is 0.333. The van der Waals surface area contributed by atoms with Crippen molar-refractivity contribution in [1.29, 1.82) is 0 Å². The first-order chi connectivity index (χ1) is 12.1. The standard InChI is InChI=1S/C18H19BrN2O3S/c19-17-6-5-16(25-17)11-20-7-9-21(10-8-20)18(23)13-24-15-3-1-14(12-22)2-4-15/h1-6,12H,7-11,13H2. The van der Waals surface area contributed by atoms with Crippen molar-refractivity contribution in [1.82, 2.24) is 9.80 Å². The van der Waals surface area contributed by atoms with Gasteiger partial charge in [0.2, 0.25) is 0 Å². The van der Waals surface area contributed by atoms with Crippen LogP contribution in [0.2, 0.25) is 0 Å². The lowest BCUT2D eigenvalue weighted by molar-refractivity contribution is -0.135. The Balaban J connectivity index is 1.42. The van der Waals surface area contributed by atoms with Crippen LogP contribution in [-0.4, -0.2) is 54.8 Å². The van der Waals surface area contributed by atoms with Gasteiger partial charge < -0.3 is 9.64 Å². The quantitative estimate of drug-likeness (QED) is 0.671. The number of carbonyl (C=O) groups is 2. The molecule has 0 bridgehead atoms. The highest BCUT2D eigenvalue weighted by atomic mass is 79.9. The highest BCUT2D eigenvalue weighted by Gasteiger charge is 2.21. The van der Waals surface area contributed by atoms with Crippen molar-refractivity contribution >= 4 is 39.5 Å². The first-order valence-electron chi connectivity index (χ1n) is 8.06. The van der Waals surface area contributed by atoms with E-state index in [0.717, 1.165) is 42.8 Å². The first kappa shape index (κ1) is 18.1. The van der Waals surface area contributed by atoms with Gasteiger partial charge in [0.05, 0.1) is 3.79 Å². The third-order valence-corrected chi connectivity index (χ3v) is 5.72. The zero-order valence-corrected chi connectivity index (χ0v) is 16.1. The van der Waals surface area contributed by atoms with Crippen molar-refractivity contribution in [2.45, 2.75) is 6.54 Å². The molecule has 1 aromatic heterocycles. The minimum Gasteiger partial charge on any atom is -0.484 e. The Labute approximate surface area is 159 Å². The van der Waals surface area contributed by atoms with E-state index in [2.05, 4.69) is 33.0 Å². The predicted molar refractivity (Wildman–Crippen MR) is 101 cm³/mol. The molecule has 1 saturated heterocycles. The number of halogens is 1. The number of piperazine rings is 1. The fourth-order valence-electron chi connectivity index (χ4n) is 2.69. The highest BCUT2D eigenvalue weighted by molar-refractivity contribution is 9.11. The number of rotatable bonds is 6. The SMILES string of the molecule is O=Cc1ccc(OCC(=O)N2CCN(Cc3ccc(Br)s3)CC2)cc1. The van der Waals surface area contributed by atoms with Crippen LogP contribution in [0.15, 0.2) is 40.2 Å². The monoisotopic (exact) mass is 422 g/mol. The second-order valence-electron chi connectivity index (χ2n) is 5.84. The van der Waals surface area contributed by atoms with Crippen LogP contribution in [0.25, 0.3) is 0 Å². The normalized spacial score (nSPS) is 15.2. The summed E-state index contributed by atoms with van der Waals surface area (Å²) in [7, 11) is 0. The summed E-state index contributed by atoms with van der Waals surface area (Å²) in [5.41, 5.74) is 0.590. The average Bonchev–Trinajstić information content (AvgIpc) is 3.05. The van der Waals surface area contributed by atoms with Crippen LogP contribution in [0.5, 0.6) is 5.75 Å². The van der Waals surface area contributed by atoms with Crippen LogP contribution >= 0.6 is 27.3 Å². The molecular formula is C18H19BrN2O3S. The number of thiophene rings is 1. The van der Waals surface area contributed by atoms with E-state index in [1.54, 1.807) is 35.6 Å². The molecule has 0 spiro atoms. The minimum atomic E-state index is -0.00187. The third-order valence-electron chi connectivity index (χ3n) is 4.11. The molecule has 0 radical (unpaired) electrons. The Bertz CT molecular complexity index is 724. The van der Waals surface area contributed by atoms with Crippen LogP contribution in [0.4, 0.5) is 0 Å². The average molecular weight is 423 g/mol. The van der Waals surface area contributed by atoms with Crippen molar-refractivity contribution in [2.24, 2.45) is 0 Å². The Hall–Kier alpha value is -1.70. The molecule has 5 nitrogen and oxygen atoms in total. The van der Waals surface area contributed by atoms with Gasteiger partial charge in [-0.05, 0) is 52.3 Å². The van der Waals surface area contributed by atoms with Crippen molar-refractivity contribution in [3.05, 3.63) is 50.6 Å². The van der Waals surface area contributed by atoms with Gasteiger partial charge in [0, 0.05) is 43.2 Å². The summed E-state index contributed by atoms with van der Waals surface area (Å²) in [6, 6.07) is 11.0. The topological polar surface area (TPSA) is 49.9 Å². The molecule has 0 aliphatic carbocycles. The molecule has 0 saturated carbocycles. The Kier molecular flexibility index (Phi) is 6.23. The van der Waals surface area contributed by atoms with Gasteiger partial charge in [-0.2, -0.15) is 0 Å². The Morgan fingerprint density at radius 2 is 1.84 bits per heavy atom. The molecule has 25 heavy (non-hydrogen) atoms. The number of aldehydes is 1. The summed E-state index contributed by atoms with van der Waals surface area (Å²) in [5.74, 6) is 0.596. The van der Waals surface area contributed by atoms with Gasteiger partial charge in [0.15, 0.2) is 6.61 Å². The van der Waals surface area contributed by atoms with Crippen molar-refractivity contribution in [2.75, 3.05) is 32.8 Å². The van der Waals surface area contributed by atoms with Gasteiger partial charge in [-0.3, -0.25) is 14.5 Å². The Morgan fingerprint density at radius 1 is 1.12 bits per heavy atom. The smallest absolute Gasteiger partial charge is 0.260 e. The van der Waals surface area contributed by atoms with Crippen LogP contribution in [0.3, 0.4) is 0 Å². The number of hydrogen-bond donors (Lipinski definition) is 0. The summed E-state index contributed by atoms with van der Waals surface area (Å²) >= 11 is 5.24. The van der Waals surface area contributed by atoms with E-state index in [1.165, 1.54) is 4.88 Å². The predicted octanol–water partition coefficient (Wildman–Crippen LogP) is 3.05. The highest BCUT2D eigenvalue weighted by Crippen LogP contribution is 2.23. The summed E-state index contributed by atoms with van der Waals surface area (Å²) in [4.78, 5) is 28.4. The maximum atomic E-state index is 12.3. The maximum absolute atomic E-state index is 12.3. The lowest BCUT2D eigenvalue weighted by Crippen LogP contribution is -2.49. The first-order valence-corrected chi connectivity index (χ1v) is 9.67. The molecule has 0 N–H and O–H groups in total. The molecule has 0 unspecified atom stereocenters. The van der Waals surface area contributed by atoms with Gasteiger partial charge >= 0.3 is 0 Å². The van der Waals surface area contributed by atoms with Gasteiger partial charge in [-0.25, -0.2) is 0 Å². The lowest BCUT2D eigenvalue weighted by atomic mass is 10.2. The molecule has 1 fully saturated rings. The molecule has 2 heterocycles. The fourth-order valence-corrected chi connectivity index (χ4v) is 4.22. The van der Waals surface area contributed by atoms with Crippen molar-refractivity contribution in [3.63, 3.8) is 0 Å². The Morgan fingerprint density at radius 3 is 2.44 bits per heavy atom. The summed E-state index contributed by atoms with van der Waals surface area (Å²) in [5, 5.41) is 0. The van der Waals surface area contributed by atoms with E-state index >= 15 is 0 Å². The van der Waals surface area contributed by atoms with Crippen LogP contribution < -0.4 is 4.74 Å². The molecular weight excluding hydrogens is 404 g/mol. The number of carbonyl (C=O) groups excluding carboxylic acids is 2. The molecule has 2 aromatic rings. The number of amides is 1. The molecule has 3 rings (SSSR count). The van der Waals surface area contributed by atoms with Gasteiger partial charge in [-0.1, -0.05) is 0 Å². The summed E-state index contributed by atoms with van der Waals surface area (Å²) < 4.78 is 6.67. The third kappa shape index (κ3) is 5.14. The number of nitrogens with zero attached hydrogens (tertiary/aromatic N) is 2. The summed E-state index contributed by atoms with van der Waals surface area (Å²) in [6.45, 7) is 4.14. The molecule has 1 aromatic carbocycles. The van der Waals surface area contributed by atoms with Crippen molar-refractivity contribution in [3.8, 4) is 5.75 Å². The van der Waals surface area contributed by atoms with Crippen LogP contribution in [0.1, 0.15) is 15.2 Å². The van der Waals surface area contributed by atoms with E-state index in [0.29, 0.717) is 11.3 Å². The van der Waals surface area contributed by atoms with E-state index in [4.69, 9.17) is 4.74 Å². The van der Waals surface area contributed by atoms with E-state index in [1.807, 2.05) is 4.90 Å². The van der Waals surface area contributed by atoms with Gasteiger partial charge in [0.1, 0.15) is 12.0 Å². The van der Waals surface area contributed by atoms with Gasteiger partial charge in [-0.15, -0.1) is 11.3 Å². The molecule has 132 valence electrons. The maximum Gasteiger partial charge on any atom is 0.260 e. The number of benzene rings is 1. The van der Waals surface area contributed by atoms with Gasteiger partial charge in [0.25, 0.3) is 5.91 Å². The minimum absolute atomic E-state index is 0.00187. The van der Waals surface area contributed by atoms with Crippen LogP contribution in [-0.2, 0) is 11.3 Å². The zero-order valence-electron chi connectivity index (χ0n) is 13.7. The zero-order chi connectivity index (χ0) is 17.6. The molecule has 7 heteroatoms. The molecule has 1 amide bonds. The number of ether oxygens (including phenoxy) is 1. The van der Waals surface area contributed by atoms with E-state index in [-0.39, 0.29) is 12.5 Å². The largest absolute Gasteiger partial charge is 0.484 e. The molecule has 0 atom stereocenters. The number of hydrogen-bond acceptors (Lipinski definition) is 5. The molecule has 1 aliphatic rings.